The maximum atomic E-state index is 12.2. The molecule has 22 heavy (non-hydrogen) atoms. The van der Waals surface area contributed by atoms with Gasteiger partial charge in [0, 0.05) is 18.7 Å². The summed E-state index contributed by atoms with van der Waals surface area (Å²) < 4.78 is 15.9. The number of amides is 1. The molecule has 1 amide bonds. The monoisotopic (exact) mass is 308 g/mol. The fraction of sp³-hybridized carbons (Fsp3) is 0.562. The Kier molecular flexibility index (Phi) is 6.03. The zero-order valence-corrected chi connectivity index (χ0v) is 13.4. The van der Waals surface area contributed by atoms with Crippen molar-refractivity contribution in [3.63, 3.8) is 0 Å². The molecule has 0 radical (unpaired) electrons. The summed E-state index contributed by atoms with van der Waals surface area (Å²) in [7, 11) is 3.24. The number of nitrogens with one attached hydrogen (secondary N) is 1. The molecule has 1 fully saturated rings. The molecule has 0 aliphatic carbocycles. The molecule has 6 heteroatoms. The molecule has 0 bridgehead atoms. The second-order valence-corrected chi connectivity index (χ2v) is 5.29. The number of hydrogen-bond donors (Lipinski definition) is 1. The summed E-state index contributed by atoms with van der Waals surface area (Å²) in [5, 5.41) is 3.01. The van der Waals surface area contributed by atoms with Gasteiger partial charge in [0.15, 0.2) is 0 Å². The maximum absolute atomic E-state index is 12.2. The number of ether oxygens (including phenoxy) is 3. The Balaban J connectivity index is 1.98. The number of hydrogen-bond acceptors (Lipinski definition) is 5. The summed E-state index contributed by atoms with van der Waals surface area (Å²) in [6, 6.07) is 5.42. The summed E-state index contributed by atoms with van der Waals surface area (Å²) in [5.41, 5.74) is 0.900. The van der Waals surface area contributed by atoms with Gasteiger partial charge in [-0.2, -0.15) is 0 Å². The van der Waals surface area contributed by atoms with Crippen molar-refractivity contribution in [1.29, 1.82) is 0 Å². The fourth-order valence-corrected chi connectivity index (χ4v) is 2.51. The normalized spacial score (nSPS) is 16.9. The van der Waals surface area contributed by atoms with Gasteiger partial charge in [0.1, 0.15) is 11.5 Å². The Morgan fingerprint density at radius 2 is 2.05 bits per heavy atom. The Hall–Kier alpha value is -1.79. The van der Waals surface area contributed by atoms with Crippen molar-refractivity contribution in [1.82, 2.24) is 10.2 Å². The molecule has 1 aromatic carbocycles. The average molecular weight is 308 g/mol. The van der Waals surface area contributed by atoms with Crippen LogP contribution in [0.3, 0.4) is 0 Å². The van der Waals surface area contributed by atoms with Gasteiger partial charge in [0.25, 0.3) is 0 Å². The second kappa shape index (κ2) is 8.00. The number of nitrogens with zero attached hydrogens (tertiary/aromatic N) is 1. The molecular formula is C16H24N2O4. The van der Waals surface area contributed by atoms with E-state index in [1.54, 1.807) is 14.2 Å². The number of carbonyl (C=O) groups is 1. The first-order chi connectivity index (χ1) is 10.6. The molecule has 122 valence electrons. The Bertz CT molecular complexity index is 501. The number of benzene rings is 1. The van der Waals surface area contributed by atoms with Gasteiger partial charge >= 0.3 is 0 Å². The Morgan fingerprint density at radius 3 is 2.68 bits per heavy atom. The van der Waals surface area contributed by atoms with E-state index in [-0.39, 0.29) is 11.9 Å². The van der Waals surface area contributed by atoms with Gasteiger partial charge in [-0.1, -0.05) is 0 Å². The van der Waals surface area contributed by atoms with Crippen LogP contribution in [0.2, 0.25) is 0 Å². The van der Waals surface area contributed by atoms with E-state index >= 15 is 0 Å². The van der Waals surface area contributed by atoms with Crippen molar-refractivity contribution in [2.75, 3.05) is 47.1 Å². The van der Waals surface area contributed by atoms with Crippen LogP contribution in [0.4, 0.5) is 0 Å². The van der Waals surface area contributed by atoms with Crippen LogP contribution in [0.15, 0.2) is 18.2 Å². The minimum Gasteiger partial charge on any atom is -0.497 e. The number of carbonyl (C=O) groups excluding carboxylic acids is 1. The molecule has 1 atom stereocenters. The van der Waals surface area contributed by atoms with Gasteiger partial charge in [-0.25, -0.2) is 0 Å². The first-order valence-electron chi connectivity index (χ1n) is 7.45. The third-order valence-corrected chi connectivity index (χ3v) is 3.75. The third kappa shape index (κ3) is 4.35. The van der Waals surface area contributed by atoms with Gasteiger partial charge < -0.3 is 19.5 Å². The molecule has 1 saturated heterocycles. The van der Waals surface area contributed by atoms with Crippen molar-refractivity contribution in [3.05, 3.63) is 23.8 Å². The van der Waals surface area contributed by atoms with E-state index in [1.807, 2.05) is 25.1 Å². The maximum Gasteiger partial charge on any atom is 0.234 e. The highest BCUT2D eigenvalue weighted by Crippen LogP contribution is 2.29. The Labute approximate surface area is 131 Å². The molecule has 1 unspecified atom stereocenters. The number of morpholine rings is 1. The van der Waals surface area contributed by atoms with Crippen molar-refractivity contribution >= 4 is 5.91 Å². The van der Waals surface area contributed by atoms with Gasteiger partial charge in [-0.15, -0.1) is 0 Å². The summed E-state index contributed by atoms with van der Waals surface area (Å²) in [4.78, 5) is 14.3. The van der Waals surface area contributed by atoms with E-state index in [0.29, 0.717) is 19.8 Å². The van der Waals surface area contributed by atoms with E-state index in [9.17, 15) is 4.79 Å². The van der Waals surface area contributed by atoms with E-state index in [1.165, 1.54) is 0 Å². The molecule has 0 aromatic heterocycles. The van der Waals surface area contributed by atoms with Crippen molar-refractivity contribution in [2.24, 2.45) is 0 Å². The van der Waals surface area contributed by atoms with Crippen LogP contribution in [-0.4, -0.2) is 57.9 Å². The van der Waals surface area contributed by atoms with E-state index in [4.69, 9.17) is 14.2 Å². The molecule has 1 aliphatic heterocycles. The van der Waals surface area contributed by atoms with Crippen LogP contribution in [-0.2, 0) is 9.53 Å². The molecule has 0 spiro atoms. The zero-order chi connectivity index (χ0) is 15.9. The van der Waals surface area contributed by atoms with Crippen LogP contribution in [0.5, 0.6) is 11.5 Å². The highest BCUT2D eigenvalue weighted by atomic mass is 16.5. The molecule has 1 aliphatic rings. The van der Waals surface area contributed by atoms with Gasteiger partial charge in [-0.05, 0) is 25.1 Å². The van der Waals surface area contributed by atoms with E-state index in [0.717, 1.165) is 30.2 Å². The summed E-state index contributed by atoms with van der Waals surface area (Å²) >= 11 is 0. The lowest BCUT2D eigenvalue weighted by Gasteiger charge is -2.26. The second-order valence-electron chi connectivity index (χ2n) is 5.29. The minimum atomic E-state index is -0.154. The van der Waals surface area contributed by atoms with Crippen molar-refractivity contribution in [3.8, 4) is 11.5 Å². The smallest absolute Gasteiger partial charge is 0.234 e. The predicted octanol–water partition coefficient (Wildman–Crippen LogP) is 1.21. The molecular weight excluding hydrogens is 284 g/mol. The minimum absolute atomic E-state index is 0.000673. The predicted molar refractivity (Wildman–Crippen MR) is 83.4 cm³/mol. The molecule has 6 nitrogen and oxygen atoms in total. The summed E-state index contributed by atoms with van der Waals surface area (Å²) in [5.74, 6) is 1.48. The van der Waals surface area contributed by atoms with Crippen molar-refractivity contribution in [2.45, 2.75) is 13.0 Å². The van der Waals surface area contributed by atoms with E-state index < -0.39 is 0 Å². The SMILES string of the molecule is COc1ccc(OC)c(C(C)NC(=O)CN2CCOCC2)c1. The van der Waals surface area contributed by atoms with Crippen LogP contribution < -0.4 is 14.8 Å². The van der Waals surface area contributed by atoms with Crippen LogP contribution in [0, 0.1) is 0 Å². The topological polar surface area (TPSA) is 60.0 Å². The van der Waals surface area contributed by atoms with Crippen molar-refractivity contribution < 1.29 is 19.0 Å². The quantitative estimate of drug-likeness (QED) is 0.856. The summed E-state index contributed by atoms with van der Waals surface area (Å²) in [6.45, 7) is 5.29. The Morgan fingerprint density at radius 1 is 1.32 bits per heavy atom. The van der Waals surface area contributed by atoms with Gasteiger partial charge in [0.05, 0.1) is 40.0 Å². The largest absolute Gasteiger partial charge is 0.497 e. The zero-order valence-electron chi connectivity index (χ0n) is 13.4. The molecule has 1 aromatic rings. The molecule has 2 rings (SSSR count). The first kappa shape index (κ1) is 16.6. The highest BCUT2D eigenvalue weighted by molar-refractivity contribution is 5.78. The highest BCUT2D eigenvalue weighted by Gasteiger charge is 2.18. The molecule has 1 heterocycles. The lowest BCUT2D eigenvalue weighted by Crippen LogP contribution is -2.43. The van der Waals surface area contributed by atoms with Crippen LogP contribution in [0.1, 0.15) is 18.5 Å². The van der Waals surface area contributed by atoms with Gasteiger partial charge in [0.2, 0.25) is 5.91 Å². The molecule has 0 saturated carbocycles. The number of methoxy groups -OCH3 is 2. The van der Waals surface area contributed by atoms with Crippen LogP contribution >= 0.6 is 0 Å². The van der Waals surface area contributed by atoms with Crippen LogP contribution in [0.25, 0.3) is 0 Å². The standard InChI is InChI=1S/C16H24N2O4/c1-12(14-10-13(20-2)4-5-15(14)21-3)17-16(19)11-18-6-8-22-9-7-18/h4-5,10,12H,6-9,11H2,1-3H3,(H,17,19). The fourth-order valence-electron chi connectivity index (χ4n) is 2.51. The third-order valence-electron chi connectivity index (χ3n) is 3.75. The lowest BCUT2D eigenvalue weighted by molar-refractivity contribution is -0.123. The lowest BCUT2D eigenvalue weighted by atomic mass is 10.1. The number of rotatable bonds is 6. The molecule has 1 N–H and O–H groups in total. The summed E-state index contributed by atoms with van der Waals surface area (Å²) in [6.07, 6.45) is 0. The van der Waals surface area contributed by atoms with E-state index in [2.05, 4.69) is 10.2 Å². The van der Waals surface area contributed by atoms with Gasteiger partial charge in [-0.3, -0.25) is 9.69 Å². The average Bonchev–Trinajstić information content (AvgIpc) is 2.54. The first-order valence-corrected chi connectivity index (χ1v) is 7.45.